The average molecular weight is 693 g/mol. The van der Waals surface area contributed by atoms with Gasteiger partial charge in [0.15, 0.2) is 0 Å². The summed E-state index contributed by atoms with van der Waals surface area (Å²) in [5.74, 6) is 2.47. The van der Waals surface area contributed by atoms with Crippen molar-refractivity contribution in [2.75, 3.05) is 16.5 Å². The summed E-state index contributed by atoms with van der Waals surface area (Å²) >= 11 is 1.87. The van der Waals surface area contributed by atoms with Crippen LogP contribution in [0, 0.1) is 0 Å². The van der Waals surface area contributed by atoms with Crippen LogP contribution >= 0.6 is 11.3 Å². The third kappa shape index (κ3) is 4.94. The first-order chi connectivity index (χ1) is 25.4. The number of para-hydroxylation sites is 2. The van der Waals surface area contributed by atoms with Gasteiger partial charge in [-0.15, -0.1) is 11.3 Å². The Kier molecular flexibility index (Phi) is 6.92. The summed E-state index contributed by atoms with van der Waals surface area (Å²) in [5.41, 5.74) is 8.13. The van der Waals surface area contributed by atoms with Crippen molar-refractivity contribution in [2.45, 2.75) is 26.2 Å². The summed E-state index contributed by atoms with van der Waals surface area (Å²) in [5, 5.41) is 4.97. The van der Waals surface area contributed by atoms with Crippen molar-refractivity contribution in [3.05, 3.63) is 157 Å². The van der Waals surface area contributed by atoms with Gasteiger partial charge < -0.3 is 14.5 Å². The minimum atomic E-state index is 0.00754. The van der Waals surface area contributed by atoms with Gasteiger partial charge >= 0.3 is 0 Å². The van der Waals surface area contributed by atoms with Crippen molar-refractivity contribution >= 4 is 76.1 Å². The number of anilines is 4. The lowest BCUT2D eigenvalue weighted by Gasteiger charge is -2.22. The number of aromatic nitrogens is 2. The lowest BCUT2D eigenvalue weighted by atomic mass is 9.88. The van der Waals surface area contributed by atoms with Crippen LogP contribution < -0.4 is 14.5 Å². The van der Waals surface area contributed by atoms with E-state index in [1.165, 1.54) is 53.6 Å². The molecule has 9 aromatic rings. The first kappa shape index (κ1) is 30.7. The summed E-state index contributed by atoms with van der Waals surface area (Å²) in [6, 6.07) is 51.7. The first-order valence-electron chi connectivity index (χ1n) is 17.7. The van der Waals surface area contributed by atoms with Crippen LogP contribution in [0.4, 0.5) is 22.7 Å². The van der Waals surface area contributed by atoms with Crippen molar-refractivity contribution in [3.8, 4) is 17.3 Å². The highest BCUT2D eigenvalue weighted by atomic mass is 32.1. The highest BCUT2D eigenvalue weighted by molar-refractivity contribution is 7.26. The second-order valence-electron chi connectivity index (χ2n) is 14.5. The zero-order chi connectivity index (χ0) is 35.0. The summed E-state index contributed by atoms with van der Waals surface area (Å²) in [7, 11) is 0. The van der Waals surface area contributed by atoms with Crippen molar-refractivity contribution in [3.63, 3.8) is 0 Å². The number of rotatable bonds is 5. The molecule has 0 amide bonds. The number of ether oxygens (including phenoxy) is 1. The van der Waals surface area contributed by atoms with Gasteiger partial charge in [-0.2, -0.15) is 0 Å². The highest BCUT2D eigenvalue weighted by Gasteiger charge is 2.31. The Labute approximate surface area is 306 Å². The van der Waals surface area contributed by atoms with E-state index in [1.807, 2.05) is 23.6 Å². The predicted molar refractivity (Wildman–Crippen MR) is 219 cm³/mol. The topological polar surface area (TPSA) is 33.5 Å². The van der Waals surface area contributed by atoms with Gasteiger partial charge in [-0.05, 0) is 77.7 Å². The van der Waals surface area contributed by atoms with Crippen LogP contribution in [-0.2, 0) is 5.41 Å². The fraction of sp³-hybridized carbons (Fsp3) is 0.109. The molecule has 52 heavy (non-hydrogen) atoms. The summed E-state index contributed by atoms with van der Waals surface area (Å²) < 4.78 is 11.6. The lowest BCUT2D eigenvalue weighted by Crippen LogP contribution is -2.23. The summed E-state index contributed by atoms with van der Waals surface area (Å²) in [6.45, 7) is 7.41. The predicted octanol–water partition coefficient (Wildman–Crippen LogP) is 12.9. The maximum Gasteiger partial charge on any atom is 0.137 e. The molecule has 0 N–H and O–H groups in total. The molecular formula is C46H36N4OS. The molecule has 0 radical (unpaired) electrons. The fourth-order valence-electron chi connectivity index (χ4n) is 7.69. The molecule has 1 aliphatic rings. The minimum absolute atomic E-state index is 0.00754. The largest absolute Gasteiger partial charge is 0.457 e. The van der Waals surface area contributed by atoms with Crippen LogP contribution in [0.1, 0.15) is 26.3 Å². The van der Waals surface area contributed by atoms with Crippen LogP contribution in [0.3, 0.4) is 0 Å². The second-order valence-corrected chi connectivity index (χ2v) is 15.6. The number of fused-ring (bicyclic) bond motifs is 8. The molecule has 0 saturated heterocycles. The molecule has 0 spiro atoms. The molecule has 6 aromatic carbocycles. The maximum absolute atomic E-state index is 6.69. The van der Waals surface area contributed by atoms with E-state index in [9.17, 15) is 0 Å². The van der Waals surface area contributed by atoms with Gasteiger partial charge in [0.2, 0.25) is 0 Å². The van der Waals surface area contributed by atoms with Crippen molar-refractivity contribution in [2.24, 2.45) is 0 Å². The summed E-state index contributed by atoms with van der Waals surface area (Å²) in [4.78, 5) is 9.69. The van der Waals surface area contributed by atoms with Gasteiger partial charge in [0.05, 0.1) is 27.1 Å². The Morgan fingerprint density at radius 3 is 2.19 bits per heavy atom. The molecule has 0 fully saturated rings. The molecular weight excluding hydrogens is 657 g/mol. The summed E-state index contributed by atoms with van der Waals surface area (Å²) in [6.07, 6.45) is 1.92. The molecule has 3 aromatic heterocycles. The van der Waals surface area contributed by atoms with Crippen molar-refractivity contribution in [1.82, 2.24) is 9.55 Å². The van der Waals surface area contributed by atoms with Crippen molar-refractivity contribution in [1.29, 1.82) is 0 Å². The second kappa shape index (κ2) is 11.7. The normalized spacial score (nSPS) is 13.1. The molecule has 252 valence electrons. The molecule has 0 bridgehead atoms. The van der Waals surface area contributed by atoms with E-state index in [2.05, 4.69) is 175 Å². The monoisotopic (exact) mass is 692 g/mol. The number of nitrogens with zero attached hydrogens (tertiary/aromatic N) is 4. The Balaban J connectivity index is 1.05. The van der Waals surface area contributed by atoms with E-state index in [1.54, 1.807) is 0 Å². The number of benzene rings is 6. The lowest BCUT2D eigenvalue weighted by molar-refractivity contribution is 0.483. The van der Waals surface area contributed by atoms with Gasteiger partial charge in [0.25, 0.3) is 0 Å². The van der Waals surface area contributed by atoms with E-state index in [0.29, 0.717) is 6.67 Å². The average Bonchev–Trinajstić information content (AvgIpc) is 3.85. The zero-order valence-electron chi connectivity index (χ0n) is 29.2. The molecule has 0 saturated carbocycles. The quantitative estimate of drug-likeness (QED) is 0.180. The molecule has 0 aliphatic carbocycles. The van der Waals surface area contributed by atoms with Gasteiger partial charge in [-0.25, -0.2) is 4.98 Å². The van der Waals surface area contributed by atoms with Crippen LogP contribution in [-0.4, -0.2) is 16.2 Å². The van der Waals surface area contributed by atoms with Crippen LogP contribution in [0.15, 0.2) is 152 Å². The molecule has 10 rings (SSSR count). The van der Waals surface area contributed by atoms with Gasteiger partial charge in [-0.1, -0.05) is 87.5 Å². The maximum atomic E-state index is 6.69. The number of pyridine rings is 1. The van der Waals surface area contributed by atoms with Crippen molar-refractivity contribution < 1.29 is 4.74 Å². The molecule has 6 heteroatoms. The number of hydrogen-bond acceptors (Lipinski definition) is 5. The third-order valence-electron chi connectivity index (χ3n) is 10.3. The molecule has 0 unspecified atom stereocenters. The van der Waals surface area contributed by atoms with Gasteiger partial charge in [0, 0.05) is 55.9 Å². The minimum Gasteiger partial charge on any atom is -0.457 e. The standard InChI is InChI=1S/C46H36N4OS/c1-46(2,3)30-24-25-47-43(26-30)50-39-18-9-7-16-35(39)36-21-20-34(28-41(36)50)51-33-15-11-14-32(27-33)48-29-49(31-12-5-4-6-13-31)44-40(48)23-22-38-37-17-8-10-19-42(37)52-45(38)44/h4-28H,29H2,1-3H3. The number of thiophene rings is 1. The van der Waals surface area contributed by atoms with E-state index in [0.717, 1.165) is 34.0 Å². The number of hydrogen-bond donors (Lipinski definition) is 0. The first-order valence-corrected chi connectivity index (χ1v) is 18.5. The van der Waals surface area contributed by atoms with E-state index >= 15 is 0 Å². The molecule has 5 nitrogen and oxygen atoms in total. The fourth-order valence-corrected chi connectivity index (χ4v) is 8.94. The molecule has 1 aliphatic heterocycles. The Hall–Kier alpha value is -6.11. The van der Waals surface area contributed by atoms with E-state index in [-0.39, 0.29) is 5.41 Å². The smallest absolute Gasteiger partial charge is 0.137 e. The Morgan fingerprint density at radius 1 is 0.596 bits per heavy atom. The molecule has 0 atom stereocenters. The highest BCUT2D eigenvalue weighted by Crippen LogP contribution is 2.52. The van der Waals surface area contributed by atoms with Gasteiger partial charge in [-0.3, -0.25) is 4.57 Å². The van der Waals surface area contributed by atoms with Crippen LogP contribution in [0.25, 0.3) is 47.8 Å². The van der Waals surface area contributed by atoms with Crippen LogP contribution in [0.2, 0.25) is 0 Å². The third-order valence-corrected chi connectivity index (χ3v) is 11.5. The Bertz CT molecular complexity index is 2810. The Morgan fingerprint density at radius 2 is 1.33 bits per heavy atom. The van der Waals surface area contributed by atoms with E-state index in [4.69, 9.17) is 9.72 Å². The zero-order valence-corrected chi connectivity index (χ0v) is 30.1. The SMILES string of the molecule is CC(C)(C)c1ccnc(-n2c3ccccc3c3ccc(Oc4cccc(N5CN(c6ccccc6)c6c5ccc5c6sc6ccccc65)c4)cc32)c1. The van der Waals surface area contributed by atoms with E-state index < -0.39 is 0 Å². The van der Waals surface area contributed by atoms with Crippen LogP contribution in [0.5, 0.6) is 11.5 Å². The molecule has 4 heterocycles. The van der Waals surface area contributed by atoms with Gasteiger partial charge in [0.1, 0.15) is 24.0 Å².